The van der Waals surface area contributed by atoms with Crippen LogP contribution in [-0.4, -0.2) is 11.3 Å². The molecule has 2 unspecified atom stereocenters. The van der Waals surface area contributed by atoms with Crippen LogP contribution in [0.1, 0.15) is 46.5 Å². The van der Waals surface area contributed by atoms with Gasteiger partial charge in [-0.2, -0.15) is 0 Å². The molecule has 2 heteroatoms. The van der Waals surface area contributed by atoms with Crippen LogP contribution in [-0.2, 0) is 4.79 Å². The molecule has 0 radical (unpaired) electrons. The van der Waals surface area contributed by atoms with E-state index < -0.39 is 0 Å². The second-order valence-electron chi connectivity index (χ2n) is 4.73. The van der Waals surface area contributed by atoms with Gasteiger partial charge in [0, 0.05) is 11.4 Å². The van der Waals surface area contributed by atoms with E-state index in [9.17, 15) is 4.79 Å². The third-order valence-corrected chi connectivity index (χ3v) is 3.35. The molecule has 0 aromatic rings. The lowest BCUT2D eigenvalue weighted by molar-refractivity contribution is 0.368. The van der Waals surface area contributed by atoms with Crippen molar-refractivity contribution in [2.75, 3.05) is 5.33 Å². The fourth-order valence-corrected chi connectivity index (χ4v) is 2.34. The van der Waals surface area contributed by atoms with Crippen molar-refractivity contribution in [3.8, 4) is 0 Å². The molecular formula is C13H23BrO. The second kappa shape index (κ2) is 9.18. The van der Waals surface area contributed by atoms with E-state index >= 15 is 0 Å². The highest BCUT2D eigenvalue weighted by Crippen LogP contribution is 2.23. The molecule has 1 nitrogen and oxygen atoms in total. The van der Waals surface area contributed by atoms with E-state index in [0.717, 1.165) is 17.7 Å². The molecule has 0 fully saturated rings. The molecular weight excluding hydrogens is 252 g/mol. The van der Waals surface area contributed by atoms with Crippen molar-refractivity contribution >= 4 is 21.9 Å². The highest BCUT2D eigenvalue weighted by Gasteiger charge is 2.14. The summed E-state index contributed by atoms with van der Waals surface area (Å²) in [5, 5.41) is 0.963. The van der Waals surface area contributed by atoms with Crippen LogP contribution in [0.3, 0.4) is 0 Å². The first kappa shape index (κ1) is 14.9. The van der Waals surface area contributed by atoms with Crippen LogP contribution in [0.4, 0.5) is 0 Å². The zero-order valence-corrected chi connectivity index (χ0v) is 11.7. The maximum atomic E-state index is 10.4. The maximum absolute atomic E-state index is 10.4. The highest BCUT2D eigenvalue weighted by atomic mass is 79.9. The van der Waals surface area contributed by atoms with E-state index in [1.165, 1.54) is 19.3 Å². The number of halogens is 1. The van der Waals surface area contributed by atoms with Gasteiger partial charge in [-0.3, -0.25) is 0 Å². The minimum atomic E-state index is 0.397. The Morgan fingerprint density at radius 3 is 2.33 bits per heavy atom. The molecule has 0 aliphatic rings. The molecule has 0 bridgehead atoms. The molecule has 0 heterocycles. The van der Waals surface area contributed by atoms with Crippen molar-refractivity contribution in [2.24, 2.45) is 17.8 Å². The topological polar surface area (TPSA) is 17.1 Å². The number of carbonyl (C=O) groups excluding carboxylic acids is 1. The minimum Gasteiger partial charge on any atom is -0.234 e. The zero-order valence-electron chi connectivity index (χ0n) is 10.1. The van der Waals surface area contributed by atoms with Gasteiger partial charge in [0.25, 0.3) is 0 Å². The molecule has 0 aromatic heterocycles. The Kier molecular flexibility index (Phi) is 9.13. The second-order valence-corrected chi connectivity index (χ2v) is 5.52. The first-order valence-electron chi connectivity index (χ1n) is 5.88. The lowest BCUT2D eigenvalue weighted by Crippen LogP contribution is -2.10. The molecule has 0 aromatic carbocycles. The van der Waals surface area contributed by atoms with E-state index in [4.69, 9.17) is 0 Å². The van der Waals surface area contributed by atoms with Crippen LogP contribution in [0.15, 0.2) is 6.08 Å². The average molecular weight is 275 g/mol. The smallest absolute Gasteiger partial charge is 0.120 e. The summed E-state index contributed by atoms with van der Waals surface area (Å²) >= 11 is 3.43. The van der Waals surface area contributed by atoms with Crippen LogP contribution in [0.25, 0.3) is 0 Å². The molecule has 0 N–H and O–H groups in total. The summed E-state index contributed by atoms with van der Waals surface area (Å²) in [6.07, 6.45) is 6.51. The summed E-state index contributed by atoms with van der Waals surface area (Å²) < 4.78 is 0. The lowest BCUT2D eigenvalue weighted by Gasteiger charge is -2.19. The van der Waals surface area contributed by atoms with Crippen LogP contribution in [0.2, 0.25) is 0 Å². The molecule has 0 rings (SSSR count). The Balaban J connectivity index is 3.90. The summed E-state index contributed by atoms with van der Waals surface area (Å²) in [4.78, 5) is 10.4. The fourth-order valence-electron chi connectivity index (χ4n) is 1.81. The van der Waals surface area contributed by atoms with Crippen LogP contribution in [0, 0.1) is 17.8 Å². The van der Waals surface area contributed by atoms with Crippen molar-refractivity contribution in [3.63, 3.8) is 0 Å². The lowest BCUT2D eigenvalue weighted by atomic mass is 9.87. The Morgan fingerprint density at radius 1 is 1.20 bits per heavy atom. The van der Waals surface area contributed by atoms with Crippen molar-refractivity contribution in [2.45, 2.75) is 46.5 Å². The molecule has 0 aliphatic heterocycles. The molecule has 0 amide bonds. The van der Waals surface area contributed by atoms with Gasteiger partial charge in [-0.25, -0.2) is 4.79 Å². The van der Waals surface area contributed by atoms with Gasteiger partial charge in [-0.15, -0.1) is 0 Å². The predicted molar refractivity (Wildman–Crippen MR) is 70.0 cm³/mol. The van der Waals surface area contributed by atoms with Crippen LogP contribution >= 0.6 is 15.9 Å². The average Bonchev–Trinajstić information content (AvgIpc) is 2.16. The van der Waals surface area contributed by atoms with E-state index in [1.54, 1.807) is 6.08 Å². The first-order valence-corrected chi connectivity index (χ1v) is 7.00. The van der Waals surface area contributed by atoms with Gasteiger partial charge in [-0.05, 0) is 24.2 Å². The van der Waals surface area contributed by atoms with Crippen molar-refractivity contribution in [1.29, 1.82) is 0 Å². The highest BCUT2D eigenvalue weighted by molar-refractivity contribution is 9.09. The maximum Gasteiger partial charge on any atom is 0.120 e. The van der Waals surface area contributed by atoms with Crippen LogP contribution < -0.4 is 0 Å². The third kappa shape index (κ3) is 7.81. The van der Waals surface area contributed by atoms with Gasteiger partial charge < -0.3 is 0 Å². The van der Waals surface area contributed by atoms with Gasteiger partial charge in [-0.1, -0.05) is 56.0 Å². The standard InChI is InChI=1S/C13H23BrO/c1-11(2)5-4-6-12(3)13(7-9-14)8-10-15/h8,11-13H,4-7,9H2,1-3H3. The summed E-state index contributed by atoms with van der Waals surface area (Å²) in [5.41, 5.74) is 0. The van der Waals surface area contributed by atoms with Gasteiger partial charge in [0.2, 0.25) is 0 Å². The number of alkyl halides is 1. The van der Waals surface area contributed by atoms with Crippen LogP contribution in [0.5, 0.6) is 0 Å². The van der Waals surface area contributed by atoms with Gasteiger partial charge in [0.1, 0.15) is 5.94 Å². The Morgan fingerprint density at radius 2 is 1.87 bits per heavy atom. The zero-order chi connectivity index (χ0) is 11.7. The van der Waals surface area contributed by atoms with E-state index in [-0.39, 0.29) is 0 Å². The van der Waals surface area contributed by atoms with E-state index in [0.29, 0.717) is 11.8 Å². The normalized spacial score (nSPS) is 14.7. The summed E-state index contributed by atoms with van der Waals surface area (Å²) in [7, 11) is 0. The third-order valence-electron chi connectivity index (χ3n) is 2.90. The van der Waals surface area contributed by atoms with Gasteiger partial charge >= 0.3 is 0 Å². The molecule has 0 spiro atoms. The van der Waals surface area contributed by atoms with Crippen molar-refractivity contribution in [3.05, 3.63) is 6.08 Å². The molecule has 88 valence electrons. The van der Waals surface area contributed by atoms with Crippen molar-refractivity contribution < 1.29 is 4.79 Å². The van der Waals surface area contributed by atoms with Gasteiger partial charge in [0.15, 0.2) is 0 Å². The van der Waals surface area contributed by atoms with Gasteiger partial charge in [0.05, 0.1) is 0 Å². The molecule has 0 saturated carbocycles. The number of rotatable bonds is 8. The summed E-state index contributed by atoms with van der Waals surface area (Å²) in [5.74, 6) is 3.72. The Hall–Kier alpha value is -0.0700. The summed E-state index contributed by atoms with van der Waals surface area (Å²) in [6, 6.07) is 0. The number of hydrogen-bond donors (Lipinski definition) is 0. The predicted octanol–water partition coefficient (Wildman–Crippen LogP) is 4.24. The van der Waals surface area contributed by atoms with E-state index in [2.05, 4.69) is 36.7 Å². The SMILES string of the molecule is CC(C)CCCC(C)C(C=C=O)CCBr. The molecule has 15 heavy (non-hydrogen) atoms. The monoisotopic (exact) mass is 274 g/mol. The van der Waals surface area contributed by atoms with E-state index in [1.807, 2.05) is 5.94 Å². The Bertz CT molecular complexity index is 195. The molecule has 0 saturated heterocycles. The fraction of sp³-hybridized carbons (Fsp3) is 0.846. The number of hydrogen-bond acceptors (Lipinski definition) is 1. The quantitative estimate of drug-likeness (QED) is 0.478. The minimum absolute atomic E-state index is 0.397. The number of allylic oxidation sites excluding steroid dienone is 1. The Labute approximate surface area is 102 Å². The molecule has 0 aliphatic carbocycles. The molecule has 2 atom stereocenters. The first-order chi connectivity index (χ1) is 7.11. The summed E-state index contributed by atoms with van der Waals surface area (Å²) in [6.45, 7) is 6.75. The van der Waals surface area contributed by atoms with Crippen molar-refractivity contribution in [1.82, 2.24) is 0 Å². The largest absolute Gasteiger partial charge is 0.234 e.